The molecule has 23 heavy (non-hydrogen) atoms. The van der Waals surface area contributed by atoms with Gasteiger partial charge in [0.1, 0.15) is 6.04 Å². The van der Waals surface area contributed by atoms with Gasteiger partial charge >= 0.3 is 5.97 Å². The van der Waals surface area contributed by atoms with Gasteiger partial charge in [0, 0.05) is 20.1 Å². The maximum Gasteiger partial charge on any atom is 0.322 e. The first-order valence-electron chi connectivity index (χ1n) is 6.84. The number of esters is 1. The third-order valence-electron chi connectivity index (χ3n) is 3.35. The van der Waals surface area contributed by atoms with Gasteiger partial charge in [0.25, 0.3) is 0 Å². The topological polar surface area (TPSA) is 69.4 Å². The third kappa shape index (κ3) is 4.50. The summed E-state index contributed by atoms with van der Waals surface area (Å²) in [5, 5.41) is 0. The van der Waals surface area contributed by atoms with Crippen LogP contribution < -0.4 is 5.73 Å². The van der Waals surface area contributed by atoms with E-state index in [9.17, 15) is 9.59 Å². The van der Waals surface area contributed by atoms with Gasteiger partial charge in [0.05, 0.1) is 7.11 Å². The summed E-state index contributed by atoms with van der Waals surface area (Å²) in [6, 6.07) is 11.8. The zero-order valence-corrected chi connectivity index (χ0v) is 15.6. The van der Waals surface area contributed by atoms with Crippen LogP contribution in [0.5, 0.6) is 0 Å². The van der Waals surface area contributed by atoms with Crippen molar-refractivity contribution in [2.75, 3.05) is 7.11 Å². The number of hydrogen-bond acceptors (Lipinski definition) is 4. The van der Waals surface area contributed by atoms with Crippen molar-refractivity contribution in [1.29, 1.82) is 0 Å². The molecule has 0 aliphatic heterocycles. The molecule has 0 spiro atoms. The fourth-order valence-electron chi connectivity index (χ4n) is 2.11. The molecule has 0 saturated heterocycles. The van der Waals surface area contributed by atoms with E-state index in [0.29, 0.717) is 17.5 Å². The Morgan fingerprint density at radius 3 is 2.39 bits per heavy atom. The smallest absolute Gasteiger partial charge is 0.322 e. The molecule has 0 aliphatic rings. The molecule has 0 radical (unpaired) electrons. The van der Waals surface area contributed by atoms with Gasteiger partial charge in [-0.05, 0) is 30.2 Å². The summed E-state index contributed by atoms with van der Waals surface area (Å²) < 4.78 is 6.18. The van der Waals surface area contributed by atoms with Gasteiger partial charge in [-0.2, -0.15) is 0 Å². The predicted molar refractivity (Wildman–Crippen MR) is 95.4 cm³/mol. The standard InChI is InChI=1S/C17H15Br2NO3/c1-23-17(22)15(20)8-10-2-4-11(5-3-10)16(21)13-9-12(18)6-7-14(13)19/h2-7,9,15H,8,20H2,1H3/t15-/m0/s1. The maximum absolute atomic E-state index is 12.6. The van der Waals surface area contributed by atoms with Crippen LogP contribution in [0, 0.1) is 0 Å². The highest BCUT2D eigenvalue weighted by Gasteiger charge is 2.16. The number of rotatable bonds is 5. The van der Waals surface area contributed by atoms with Crippen LogP contribution in [0.25, 0.3) is 0 Å². The van der Waals surface area contributed by atoms with E-state index in [1.807, 2.05) is 12.1 Å². The number of nitrogens with two attached hydrogens (primary N) is 1. The fourth-order valence-corrected chi connectivity index (χ4v) is 2.90. The SMILES string of the molecule is COC(=O)[C@@H](N)Cc1ccc(C(=O)c2cc(Br)ccc2Br)cc1. The second kappa shape index (κ2) is 7.86. The van der Waals surface area contributed by atoms with Crippen LogP contribution in [-0.4, -0.2) is 24.9 Å². The average molecular weight is 441 g/mol. The summed E-state index contributed by atoms with van der Waals surface area (Å²) in [5.41, 5.74) is 7.75. The molecule has 1 atom stereocenters. The first-order valence-corrected chi connectivity index (χ1v) is 8.43. The second-order valence-corrected chi connectivity index (χ2v) is 6.75. The quantitative estimate of drug-likeness (QED) is 0.570. The Kier molecular flexibility index (Phi) is 6.10. The number of halogens is 2. The molecule has 0 fully saturated rings. The first-order chi connectivity index (χ1) is 10.9. The molecule has 6 heteroatoms. The van der Waals surface area contributed by atoms with E-state index in [-0.39, 0.29) is 5.78 Å². The monoisotopic (exact) mass is 439 g/mol. The van der Waals surface area contributed by atoms with Gasteiger partial charge in [0.2, 0.25) is 0 Å². The molecule has 0 aromatic heterocycles. The molecule has 0 bridgehead atoms. The van der Waals surface area contributed by atoms with E-state index in [1.54, 1.807) is 30.3 Å². The molecule has 2 N–H and O–H groups in total. The Labute approximate surface area is 151 Å². The molecule has 2 aromatic rings. The van der Waals surface area contributed by atoms with Gasteiger partial charge < -0.3 is 10.5 Å². The Hall–Kier alpha value is -1.50. The minimum atomic E-state index is -0.708. The van der Waals surface area contributed by atoms with Crippen molar-refractivity contribution < 1.29 is 14.3 Å². The Bertz CT molecular complexity index is 729. The summed E-state index contributed by atoms with van der Waals surface area (Å²) in [7, 11) is 1.31. The lowest BCUT2D eigenvalue weighted by Gasteiger charge is -2.10. The normalized spacial score (nSPS) is 11.8. The second-order valence-electron chi connectivity index (χ2n) is 4.98. The van der Waals surface area contributed by atoms with Crippen molar-refractivity contribution in [2.45, 2.75) is 12.5 Å². The highest BCUT2D eigenvalue weighted by atomic mass is 79.9. The number of hydrogen-bond donors (Lipinski definition) is 1. The minimum absolute atomic E-state index is 0.0815. The van der Waals surface area contributed by atoms with E-state index in [2.05, 4.69) is 36.6 Å². The maximum atomic E-state index is 12.6. The Morgan fingerprint density at radius 1 is 1.13 bits per heavy atom. The number of methoxy groups -OCH3 is 1. The average Bonchev–Trinajstić information content (AvgIpc) is 2.56. The van der Waals surface area contributed by atoms with Crippen molar-refractivity contribution >= 4 is 43.6 Å². The summed E-state index contributed by atoms with van der Waals surface area (Å²) in [4.78, 5) is 23.9. The molecule has 0 saturated carbocycles. The summed E-state index contributed by atoms with van der Waals surface area (Å²) in [5.74, 6) is -0.537. The van der Waals surface area contributed by atoms with E-state index in [4.69, 9.17) is 5.73 Å². The van der Waals surface area contributed by atoms with Crippen LogP contribution >= 0.6 is 31.9 Å². The van der Waals surface area contributed by atoms with Crippen LogP contribution in [0.1, 0.15) is 21.5 Å². The van der Waals surface area contributed by atoms with Crippen LogP contribution in [0.4, 0.5) is 0 Å². The van der Waals surface area contributed by atoms with Crippen molar-refractivity contribution in [3.8, 4) is 0 Å². The molecule has 0 aliphatic carbocycles. The van der Waals surface area contributed by atoms with Crippen LogP contribution in [0.15, 0.2) is 51.4 Å². The Balaban J connectivity index is 2.17. The third-order valence-corrected chi connectivity index (χ3v) is 4.53. The van der Waals surface area contributed by atoms with Gasteiger partial charge in [-0.1, -0.05) is 56.1 Å². The van der Waals surface area contributed by atoms with E-state index >= 15 is 0 Å². The van der Waals surface area contributed by atoms with E-state index in [1.165, 1.54) is 7.11 Å². The summed E-state index contributed by atoms with van der Waals surface area (Å²) >= 11 is 6.76. The largest absolute Gasteiger partial charge is 0.468 e. The Morgan fingerprint density at radius 2 is 1.78 bits per heavy atom. The predicted octanol–water partition coefficient (Wildman–Crippen LogP) is 3.49. The lowest BCUT2D eigenvalue weighted by atomic mass is 10.00. The van der Waals surface area contributed by atoms with Crippen molar-refractivity contribution in [3.05, 3.63) is 68.1 Å². The highest BCUT2D eigenvalue weighted by molar-refractivity contribution is 9.11. The molecular weight excluding hydrogens is 426 g/mol. The first kappa shape index (κ1) is 17.8. The number of carbonyl (C=O) groups excluding carboxylic acids is 2. The van der Waals surface area contributed by atoms with Gasteiger partial charge in [-0.25, -0.2) is 0 Å². The molecule has 0 amide bonds. The van der Waals surface area contributed by atoms with E-state index < -0.39 is 12.0 Å². The zero-order chi connectivity index (χ0) is 17.0. The van der Waals surface area contributed by atoms with E-state index in [0.717, 1.165) is 14.5 Å². The molecule has 0 heterocycles. The highest BCUT2D eigenvalue weighted by Crippen LogP contribution is 2.24. The number of ether oxygens (including phenoxy) is 1. The van der Waals surface area contributed by atoms with Crippen LogP contribution in [0.3, 0.4) is 0 Å². The minimum Gasteiger partial charge on any atom is -0.468 e. The molecule has 2 aromatic carbocycles. The molecule has 2 rings (SSSR count). The van der Waals surface area contributed by atoms with Gasteiger partial charge in [0.15, 0.2) is 5.78 Å². The van der Waals surface area contributed by atoms with Gasteiger partial charge in [-0.15, -0.1) is 0 Å². The lowest BCUT2D eigenvalue weighted by molar-refractivity contribution is -0.142. The molecule has 120 valence electrons. The summed E-state index contributed by atoms with van der Waals surface area (Å²) in [6.07, 6.45) is 0.363. The van der Waals surface area contributed by atoms with Crippen LogP contribution in [-0.2, 0) is 16.0 Å². The zero-order valence-electron chi connectivity index (χ0n) is 12.4. The number of benzene rings is 2. The van der Waals surface area contributed by atoms with Gasteiger partial charge in [-0.3, -0.25) is 9.59 Å². The molecular formula is C17H15Br2NO3. The lowest BCUT2D eigenvalue weighted by Crippen LogP contribution is -2.33. The number of ketones is 1. The van der Waals surface area contributed by atoms with Crippen molar-refractivity contribution in [3.63, 3.8) is 0 Å². The molecule has 4 nitrogen and oxygen atoms in total. The molecule has 0 unspecified atom stereocenters. The fraction of sp³-hybridized carbons (Fsp3) is 0.176. The summed E-state index contributed by atoms with van der Waals surface area (Å²) in [6.45, 7) is 0. The van der Waals surface area contributed by atoms with Crippen LogP contribution in [0.2, 0.25) is 0 Å². The van der Waals surface area contributed by atoms with Crippen molar-refractivity contribution in [1.82, 2.24) is 0 Å². The number of carbonyl (C=O) groups is 2. The van der Waals surface area contributed by atoms with Crippen molar-refractivity contribution in [2.24, 2.45) is 5.73 Å².